The average Bonchev–Trinajstić information content (AvgIpc) is 2.98. The van der Waals surface area contributed by atoms with Gasteiger partial charge in [-0.15, -0.1) is 23.7 Å². The molecule has 0 saturated heterocycles. The molecule has 0 spiro atoms. The van der Waals surface area contributed by atoms with Gasteiger partial charge in [-0.25, -0.2) is 0 Å². The Hall–Kier alpha value is -2.61. The summed E-state index contributed by atoms with van der Waals surface area (Å²) in [6, 6.07) is 17.3. The van der Waals surface area contributed by atoms with Gasteiger partial charge in [-0.05, 0) is 88.5 Å². The fraction of sp³-hybridized carbons (Fsp3) is 0.526. The molecule has 0 heterocycles. The number of nitrogens with zero attached hydrogens (tertiary/aromatic N) is 2. The van der Waals surface area contributed by atoms with Crippen molar-refractivity contribution in [2.75, 3.05) is 0 Å². The molecule has 0 aromatic heterocycles. The Kier molecular flexibility index (Phi) is 21.4. The minimum absolute atomic E-state index is 0. The Morgan fingerprint density at radius 3 is 1.49 bits per heavy atom. The quantitative estimate of drug-likeness (QED) is 0.0668. The summed E-state index contributed by atoms with van der Waals surface area (Å²) >= 11 is 0. The van der Waals surface area contributed by atoms with E-state index in [0.29, 0.717) is 0 Å². The van der Waals surface area contributed by atoms with Crippen molar-refractivity contribution in [2.45, 2.75) is 130 Å². The van der Waals surface area contributed by atoms with E-state index in [-0.39, 0.29) is 16.5 Å². The van der Waals surface area contributed by atoms with Gasteiger partial charge in [0.2, 0.25) is 0 Å². The summed E-state index contributed by atoms with van der Waals surface area (Å²) in [4.78, 5) is 10.8. The van der Waals surface area contributed by atoms with Crippen molar-refractivity contribution >= 4 is 22.8 Å². The summed E-state index contributed by atoms with van der Waals surface area (Å²) in [5.41, 5.74) is 7.17. The summed E-state index contributed by atoms with van der Waals surface area (Å²) in [7, 11) is 0. The third kappa shape index (κ3) is 15.3. The zero-order chi connectivity index (χ0) is 28.7. The number of aryl methyl sites for hydroxylation is 2. The van der Waals surface area contributed by atoms with Crippen LogP contribution in [0.15, 0.2) is 58.5 Å². The van der Waals surface area contributed by atoms with E-state index in [1.54, 1.807) is 0 Å². The van der Waals surface area contributed by atoms with E-state index >= 15 is 0 Å². The summed E-state index contributed by atoms with van der Waals surface area (Å²) in [6.07, 6.45) is 17.9. The van der Waals surface area contributed by atoms with Crippen molar-refractivity contribution in [3.63, 3.8) is 0 Å². The van der Waals surface area contributed by atoms with Crippen molar-refractivity contribution in [3.05, 3.63) is 59.7 Å². The molecule has 2 rings (SSSR count). The van der Waals surface area contributed by atoms with E-state index in [1.165, 1.54) is 61.1 Å². The molecule has 0 fully saturated rings. The molecule has 0 bridgehead atoms. The molecular weight excluding hydrogens is 543 g/mol. The van der Waals surface area contributed by atoms with Crippen LogP contribution in [-0.2, 0) is 29.3 Å². The van der Waals surface area contributed by atoms with Crippen LogP contribution in [0, 0.1) is 23.7 Å². The molecule has 0 aliphatic carbocycles. The molecule has 0 aliphatic rings. The van der Waals surface area contributed by atoms with Crippen molar-refractivity contribution < 1.29 is 16.5 Å². The molecule has 0 aliphatic heterocycles. The first-order valence-electron chi connectivity index (χ1n) is 15.8. The average molecular weight is 596 g/mol. The van der Waals surface area contributed by atoms with Gasteiger partial charge in [-0.3, -0.25) is 9.98 Å². The molecule has 0 atom stereocenters. The zero-order valence-corrected chi connectivity index (χ0v) is 27.1. The summed E-state index contributed by atoms with van der Waals surface area (Å²) in [6.45, 7) is 8.38. The number of benzene rings is 2. The van der Waals surface area contributed by atoms with Crippen LogP contribution >= 0.6 is 0 Å². The van der Waals surface area contributed by atoms with Gasteiger partial charge < -0.3 is 0 Å². The summed E-state index contributed by atoms with van der Waals surface area (Å²) < 4.78 is 0. The maximum atomic E-state index is 5.39. The van der Waals surface area contributed by atoms with Gasteiger partial charge >= 0.3 is 0 Å². The molecule has 2 aromatic rings. The number of aliphatic imine (C=N–C) groups is 2. The topological polar surface area (TPSA) is 24.7 Å². The van der Waals surface area contributed by atoms with E-state index in [2.05, 4.69) is 86.1 Å². The van der Waals surface area contributed by atoms with Crippen molar-refractivity contribution in [2.24, 2.45) is 9.98 Å². The van der Waals surface area contributed by atoms with Crippen LogP contribution in [0.5, 0.6) is 0 Å². The maximum absolute atomic E-state index is 5.39. The molecule has 0 radical (unpaired) electrons. The van der Waals surface area contributed by atoms with Gasteiger partial charge in [-0.1, -0.05) is 88.8 Å². The standard InChI is InChI=1S/C38H52N2.Ni/c1-5-9-13-16-17-20-32-38(40-36-31-24-22-28-34(36)26-19-15-11-7-3)37(29-12-8-4)39-35-30-23-21-27-33(35)25-18-14-10-6-2;/h21-24,27-28,30-31H,5,8-9,12-20,25-26,29,32H2,1-4H3;/b39-37+,40-38+;. The van der Waals surface area contributed by atoms with Gasteiger partial charge in [0.15, 0.2) is 0 Å². The fourth-order valence-corrected chi connectivity index (χ4v) is 4.88. The number of hydrogen-bond acceptors (Lipinski definition) is 2. The number of hydrogen-bond donors (Lipinski definition) is 0. The van der Waals surface area contributed by atoms with Gasteiger partial charge in [0.25, 0.3) is 0 Å². The van der Waals surface area contributed by atoms with Crippen molar-refractivity contribution in [3.8, 4) is 23.7 Å². The molecule has 0 unspecified atom stereocenters. The molecular formula is C38H52N2Ni. The summed E-state index contributed by atoms with van der Waals surface area (Å²) in [5, 5.41) is 0. The minimum atomic E-state index is 0. The molecule has 224 valence electrons. The van der Waals surface area contributed by atoms with Crippen LogP contribution in [0.1, 0.15) is 129 Å². The molecule has 2 aromatic carbocycles. The maximum Gasteiger partial charge on any atom is 0.0665 e. The fourth-order valence-electron chi connectivity index (χ4n) is 4.88. The molecule has 0 N–H and O–H groups in total. The first-order chi connectivity index (χ1) is 19.7. The van der Waals surface area contributed by atoms with Crippen LogP contribution in [0.25, 0.3) is 0 Å². The molecule has 3 heteroatoms. The predicted octanol–water partition coefficient (Wildman–Crippen LogP) is 11.2. The van der Waals surface area contributed by atoms with Crippen LogP contribution in [0.4, 0.5) is 11.4 Å². The Balaban J connectivity index is 0.00000840. The van der Waals surface area contributed by atoms with Gasteiger partial charge in [0, 0.05) is 29.3 Å². The van der Waals surface area contributed by atoms with E-state index in [4.69, 9.17) is 9.98 Å². The van der Waals surface area contributed by atoms with Crippen LogP contribution in [0.2, 0.25) is 0 Å². The molecule has 41 heavy (non-hydrogen) atoms. The SMILES string of the molecule is CC#CCCCc1ccccc1/N=C(CCCC)/C(CCCCCCCC)=N/c1ccccc1CCCC#CC.[Ni]. The Bertz CT molecular complexity index is 1170. The first-order valence-corrected chi connectivity index (χ1v) is 15.8. The van der Waals surface area contributed by atoms with E-state index < -0.39 is 0 Å². The van der Waals surface area contributed by atoms with Gasteiger partial charge in [0.05, 0.1) is 22.8 Å². The monoisotopic (exact) mass is 594 g/mol. The van der Waals surface area contributed by atoms with Crippen molar-refractivity contribution in [1.82, 2.24) is 0 Å². The molecule has 0 amide bonds. The second kappa shape index (κ2) is 24.0. The van der Waals surface area contributed by atoms with Gasteiger partial charge in [-0.2, -0.15) is 0 Å². The number of para-hydroxylation sites is 2. The first kappa shape index (κ1) is 36.4. The third-order valence-corrected chi connectivity index (χ3v) is 7.21. The van der Waals surface area contributed by atoms with E-state index in [1.807, 2.05) is 13.8 Å². The molecule has 0 saturated carbocycles. The van der Waals surface area contributed by atoms with Crippen LogP contribution in [0.3, 0.4) is 0 Å². The second-order valence-electron chi connectivity index (χ2n) is 10.6. The van der Waals surface area contributed by atoms with Crippen LogP contribution < -0.4 is 0 Å². The normalized spacial score (nSPS) is 11.2. The van der Waals surface area contributed by atoms with Crippen molar-refractivity contribution in [1.29, 1.82) is 0 Å². The van der Waals surface area contributed by atoms with E-state index in [9.17, 15) is 0 Å². The second-order valence-corrected chi connectivity index (χ2v) is 10.6. The Labute approximate surface area is 262 Å². The number of rotatable bonds is 19. The minimum Gasteiger partial charge on any atom is -0.251 e. The Morgan fingerprint density at radius 1 is 0.561 bits per heavy atom. The predicted molar refractivity (Wildman–Crippen MR) is 177 cm³/mol. The van der Waals surface area contributed by atoms with Crippen LogP contribution in [-0.4, -0.2) is 11.4 Å². The van der Waals surface area contributed by atoms with Gasteiger partial charge in [0.1, 0.15) is 0 Å². The van der Waals surface area contributed by atoms with E-state index in [0.717, 1.165) is 75.6 Å². The smallest absolute Gasteiger partial charge is 0.0665 e. The third-order valence-electron chi connectivity index (χ3n) is 7.21. The Morgan fingerprint density at radius 2 is 1.00 bits per heavy atom. The largest absolute Gasteiger partial charge is 0.251 e. The number of unbranched alkanes of at least 4 members (excludes halogenated alkanes) is 8. The zero-order valence-electron chi connectivity index (χ0n) is 26.1. The molecule has 2 nitrogen and oxygen atoms in total. The summed E-state index contributed by atoms with van der Waals surface area (Å²) in [5.74, 6) is 12.5.